The van der Waals surface area contributed by atoms with Gasteiger partial charge in [0.15, 0.2) is 0 Å². The summed E-state index contributed by atoms with van der Waals surface area (Å²) in [5.41, 5.74) is 1.49. The second kappa shape index (κ2) is 9.08. The molecule has 0 aromatic heterocycles. The summed E-state index contributed by atoms with van der Waals surface area (Å²) < 4.78 is 14.7. The maximum atomic E-state index is 14.7. The van der Waals surface area contributed by atoms with Gasteiger partial charge < -0.3 is 25.3 Å². The van der Waals surface area contributed by atoms with Crippen LogP contribution in [0, 0.1) is 5.82 Å². The Hall–Kier alpha value is -0.878. The number of fused-ring (bicyclic) bond motifs is 1. The molecule has 2 fully saturated rings. The number of piperazine rings is 1. The van der Waals surface area contributed by atoms with E-state index in [1.165, 1.54) is 12.3 Å². The minimum atomic E-state index is -1.30. The van der Waals surface area contributed by atoms with Crippen molar-refractivity contribution in [1.82, 2.24) is 0 Å². The molecule has 1 aromatic carbocycles. The fourth-order valence-electron chi connectivity index (χ4n) is 3.53. The second-order valence-electron chi connectivity index (χ2n) is 6.69. The molecule has 0 spiro atoms. The van der Waals surface area contributed by atoms with Crippen molar-refractivity contribution in [3.8, 4) is 0 Å². The number of quaternary nitrogens is 1. The number of aliphatic hydroxyl groups excluding tert-OH is 1. The van der Waals surface area contributed by atoms with E-state index in [9.17, 15) is 19.4 Å². The van der Waals surface area contributed by atoms with Gasteiger partial charge in [-0.1, -0.05) is 0 Å². The molecule has 1 saturated heterocycles. The summed E-state index contributed by atoms with van der Waals surface area (Å²) >= 11 is -0.106. The molecule has 152 valence electrons. The van der Waals surface area contributed by atoms with Gasteiger partial charge >= 0.3 is 41.0 Å². The number of rotatable bonds is 3. The standard InChI is InChI=1S/C17H20FN3O3.2ClH.Pd/c18-13-7-11-14(8-15(13)20-5-3-19-4-6-20)21(10-1-2-10)9-12(16(11)22)17(23)24;;;/h7-10,16,19,22H,1-6H2,(H,23,24);2*1H;/q;;;+2/p-1. The van der Waals surface area contributed by atoms with E-state index < -0.39 is 17.9 Å². The van der Waals surface area contributed by atoms with E-state index in [-0.39, 0.29) is 27.6 Å². The van der Waals surface area contributed by atoms with Gasteiger partial charge in [0.2, 0.25) is 0 Å². The van der Waals surface area contributed by atoms with Crippen LogP contribution >= 0.6 is 19.1 Å². The summed E-state index contributed by atoms with van der Waals surface area (Å²) in [4.78, 5) is 15.3. The maximum absolute atomic E-state index is 14.7. The zero-order valence-corrected chi connectivity index (χ0v) is 17.4. The molecule has 10 heteroatoms. The number of aliphatic hydroxyl groups is 1. The fraction of sp³-hybridized carbons (Fsp3) is 0.471. The van der Waals surface area contributed by atoms with Gasteiger partial charge in [-0.05, 0) is 25.0 Å². The van der Waals surface area contributed by atoms with E-state index >= 15 is 0 Å². The first kappa shape index (κ1) is 20.8. The van der Waals surface area contributed by atoms with E-state index in [1.54, 1.807) is 6.07 Å². The van der Waals surface area contributed by atoms with Crippen LogP contribution in [0.3, 0.4) is 0 Å². The monoisotopic (exact) mass is 510 g/mol. The molecule has 1 aromatic rings. The molecule has 2 aliphatic heterocycles. The van der Waals surface area contributed by atoms with Crippen LogP contribution in [0.2, 0.25) is 0 Å². The van der Waals surface area contributed by atoms with Crippen LogP contribution in [0.1, 0.15) is 24.5 Å². The predicted molar refractivity (Wildman–Crippen MR) is 98.2 cm³/mol. The Bertz CT molecular complexity index is 742. The van der Waals surface area contributed by atoms with Gasteiger partial charge in [-0.25, -0.2) is 9.18 Å². The zero-order chi connectivity index (χ0) is 19.6. The number of nitrogens with zero attached hydrogens (tertiary/aromatic N) is 2. The number of nitrogens with two attached hydrogens (primary N) is 1. The van der Waals surface area contributed by atoms with E-state index in [1.807, 2.05) is 9.80 Å². The van der Waals surface area contributed by atoms with Crippen molar-refractivity contribution in [2.45, 2.75) is 25.0 Å². The molecule has 4 N–H and O–H groups in total. The number of aliphatic carboxylic acids is 1. The molecule has 6 nitrogen and oxygen atoms in total. The van der Waals surface area contributed by atoms with Gasteiger partial charge in [-0.2, -0.15) is 0 Å². The molecular formula is C17H21Cl2FN3O3Pd+. The number of benzene rings is 1. The first-order valence-corrected chi connectivity index (χ1v) is 12.6. The average molecular weight is 512 g/mol. The van der Waals surface area contributed by atoms with Crippen LogP contribution in [-0.4, -0.2) is 48.4 Å². The molecular weight excluding hydrogens is 491 g/mol. The molecule has 1 aliphatic carbocycles. The average Bonchev–Trinajstić information content (AvgIpc) is 3.48. The van der Waals surface area contributed by atoms with Crippen molar-refractivity contribution in [3.05, 3.63) is 35.3 Å². The molecule has 27 heavy (non-hydrogen) atoms. The molecule has 0 radical (unpaired) electrons. The first-order chi connectivity index (χ1) is 13.0. The summed E-state index contributed by atoms with van der Waals surface area (Å²) in [5.74, 6) is -1.58. The van der Waals surface area contributed by atoms with Crippen LogP contribution in [0.15, 0.2) is 23.9 Å². The third-order valence-corrected chi connectivity index (χ3v) is 4.98. The van der Waals surface area contributed by atoms with Gasteiger partial charge in [-0.15, -0.1) is 0 Å². The van der Waals surface area contributed by atoms with Crippen LogP contribution in [0.25, 0.3) is 0 Å². The van der Waals surface area contributed by atoms with E-state index in [0.717, 1.165) is 44.7 Å². The Morgan fingerprint density at radius 3 is 2.41 bits per heavy atom. The third kappa shape index (κ3) is 4.59. The van der Waals surface area contributed by atoms with Gasteiger partial charge in [-0.3, -0.25) is 0 Å². The number of carboxylic acid groups (broad SMARTS) is 1. The zero-order valence-electron chi connectivity index (χ0n) is 14.4. The minimum absolute atomic E-state index is 0.103. The van der Waals surface area contributed by atoms with Crippen molar-refractivity contribution < 1.29 is 40.7 Å². The Labute approximate surface area is 173 Å². The Morgan fingerprint density at radius 2 is 1.85 bits per heavy atom. The topological polar surface area (TPSA) is 80.6 Å². The van der Waals surface area contributed by atoms with Gasteiger partial charge in [0.1, 0.15) is 11.9 Å². The molecule has 1 atom stereocenters. The number of anilines is 2. The van der Waals surface area contributed by atoms with Crippen molar-refractivity contribution >= 4 is 36.4 Å². The normalized spacial score (nSPS) is 21.9. The van der Waals surface area contributed by atoms with Crippen LogP contribution in [0.4, 0.5) is 15.8 Å². The van der Waals surface area contributed by atoms with Crippen LogP contribution < -0.4 is 15.1 Å². The number of carboxylic acids is 1. The first-order valence-electron chi connectivity index (χ1n) is 8.61. The second-order valence-corrected chi connectivity index (χ2v) is 9.05. The predicted octanol–water partition coefficient (Wildman–Crippen LogP) is 1.57. The summed E-state index contributed by atoms with van der Waals surface area (Å²) in [5, 5.41) is 21.9. The number of hydrogen-bond acceptors (Lipinski definition) is 4. The Kier molecular flexibility index (Phi) is 7.01. The van der Waals surface area contributed by atoms with Crippen molar-refractivity contribution in [2.75, 3.05) is 36.0 Å². The molecule has 1 saturated carbocycles. The van der Waals surface area contributed by atoms with Gasteiger partial charge in [0, 0.05) is 23.5 Å². The van der Waals surface area contributed by atoms with E-state index in [0.29, 0.717) is 11.3 Å². The molecule has 2 heterocycles. The fourth-order valence-corrected chi connectivity index (χ4v) is 3.53. The van der Waals surface area contributed by atoms with E-state index in [4.69, 9.17) is 19.1 Å². The van der Waals surface area contributed by atoms with Gasteiger partial charge in [0.05, 0.1) is 37.4 Å². The Balaban J connectivity index is 0.000000659. The summed E-state index contributed by atoms with van der Waals surface area (Å²) in [6.07, 6.45) is 2.17. The molecule has 0 bridgehead atoms. The van der Waals surface area contributed by atoms with Gasteiger partial charge in [0.25, 0.3) is 0 Å². The van der Waals surface area contributed by atoms with E-state index in [2.05, 4.69) is 5.32 Å². The summed E-state index contributed by atoms with van der Waals surface area (Å²) in [6, 6.07) is 3.31. The third-order valence-electron chi connectivity index (χ3n) is 4.98. The molecule has 0 amide bonds. The number of hydrogen-bond donors (Lipinski definition) is 3. The number of carbonyl (C=O) groups is 1. The van der Waals surface area contributed by atoms with Crippen molar-refractivity contribution in [2.24, 2.45) is 0 Å². The molecule has 4 rings (SSSR count). The molecule has 1 unspecified atom stereocenters. The molecule has 3 aliphatic rings. The Morgan fingerprint density at radius 1 is 1.22 bits per heavy atom. The van der Waals surface area contributed by atoms with Crippen molar-refractivity contribution in [1.29, 1.82) is 0 Å². The SMILES string of the molecule is O=C(O)C1=CN(C2CC2)c2cc(N3CC[NH2+]CC3)c(F)cc2C1O.[Cl][Pd][Cl]. The van der Waals surface area contributed by atoms with Crippen LogP contribution in [-0.2, 0) is 20.7 Å². The quantitative estimate of drug-likeness (QED) is 0.537. The number of halogens is 3. The van der Waals surface area contributed by atoms with Crippen molar-refractivity contribution in [3.63, 3.8) is 0 Å². The van der Waals surface area contributed by atoms with Crippen LogP contribution in [0.5, 0.6) is 0 Å². The summed E-state index contributed by atoms with van der Waals surface area (Å²) in [7, 11) is 9.63. The summed E-state index contributed by atoms with van der Waals surface area (Å²) in [6.45, 7) is 3.40.